The number of carbonyl (C=O) groups is 2. The average molecular weight is 271 g/mol. The summed E-state index contributed by atoms with van der Waals surface area (Å²) in [4.78, 5) is 23.0. The van der Waals surface area contributed by atoms with Crippen molar-refractivity contribution >= 4 is 20.0 Å². The van der Waals surface area contributed by atoms with Crippen LogP contribution in [0.1, 0.15) is 34.6 Å². The lowest BCUT2D eigenvalue weighted by molar-refractivity contribution is -0.146. The van der Waals surface area contributed by atoms with E-state index in [2.05, 4.69) is 39.2 Å². The number of amides is 1. The molecular formula is C13H25NO3Si. The van der Waals surface area contributed by atoms with Crippen LogP contribution in [0.3, 0.4) is 0 Å². The molecule has 1 aliphatic heterocycles. The van der Waals surface area contributed by atoms with Crippen LogP contribution in [0.4, 0.5) is 0 Å². The molecule has 1 N–H and O–H groups in total. The van der Waals surface area contributed by atoms with Crippen molar-refractivity contribution in [3.63, 3.8) is 0 Å². The Morgan fingerprint density at radius 3 is 2.22 bits per heavy atom. The van der Waals surface area contributed by atoms with Crippen molar-refractivity contribution in [2.24, 2.45) is 5.92 Å². The van der Waals surface area contributed by atoms with Gasteiger partial charge in [-0.2, -0.15) is 0 Å². The highest BCUT2D eigenvalue weighted by molar-refractivity contribution is 6.74. The molecule has 0 aromatic heterocycles. The van der Waals surface area contributed by atoms with E-state index in [0.29, 0.717) is 0 Å². The minimum absolute atomic E-state index is 0.00489. The topological polar surface area (TPSA) is 55.4 Å². The highest BCUT2D eigenvalue weighted by atomic mass is 28.4. The average Bonchev–Trinajstić information content (AvgIpc) is 2.10. The van der Waals surface area contributed by atoms with Crippen LogP contribution in [-0.4, -0.2) is 32.2 Å². The molecule has 0 bridgehead atoms. The summed E-state index contributed by atoms with van der Waals surface area (Å²) in [6.45, 7) is 14.2. The maximum Gasteiger partial charge on any atom is 0.228 e. The monoisotopic (exact) mass is 271 g/mol. The van der Waals surface area contributed by atoms with E-state index in [-0.39, 0.29) is 34.8 Å². The van der Waals surface area contributed by atoms with Crippen molar-refractivity contribution in [1.82, 2.24) is 5.32 Å². The van der Waals surface area contributed by atoms with Crippen LogP contribution in [0, 0.1) is 5.92 Å². The molecule has 1 heterocycles. The molecule has 0 spiro atoms. The van der Waals surface area contributed by atoms with Gasteiger partial charge in [0.2, 0.25) is 5.91 Å². The van der Waals surface area contributed by atoms with Gasteiger partial charge in [-0.05, 0) is 32.0 Å². The first-order chi connectivity index (χ1) is 7.97. The summed E-state index contributed by atoms with van der Waals surface area (Å²) >= 11 is 0. The molecule has 104 valence electrons. The van der Waals surface area contributed by atoms with Gasteiger partial charge >= 0.3 is 0 Å². The molecule has 4 nitrogen and oxygen atoms in total. The Hall–Kier alpha value is -0.683. The number of rotatable bonds is 4. The van der Waals surface area contributed by atoms with Crippen molar-refractivity contribution < 1.29 is 14.0 Å². The van der Waals surface area contributed by atoms with Crippen molar-refractivity contribution in [2.45, 2.75) is 64.9 Å². The first-order valence-electron chi connectivity index (χ1n) is 6.46. The van der Waals surface area contributed by atoms with Crippen LogP contribution >= 0.6 is 0 Å². The number of nitrogens with one attached hydrogen (secondary N) is 1. The van der Waals surface area contributed by atoms with E-state index < -0.39 is 8.32 Å². The van der Waals surface area contributed by atoms with Crippen LogP contribution in [0.15, 0.2) is 0 Å². The lowest BCUT2D eigenvalue weighted by Gasteiger charge is -2.44. The van der Waals surface area contributed by atoms with Gasteiger partial charge in [0.15, 0.2) is 14.1 Å². The molecule has 0 aromatic carbocycles. The summed E-state index contributed by atoms with van der Waals surface area (Å²) in [5, 5.41) is 2.75. The van der Waals surface area contributed by atoms with Gasteiger partial charge in [-0.3, -0.25) is 9.59 Å². The first kappa shape index (κ1) is 15.4. The molecular weight excluding hydrogens is 246 g/mol. The van der Waals surface area contributed by atoms with E-state index in [1.165, 1.54) is 6.92 Å². The number of Topliss-reactive ketones (excluding diaryl/α,β-unsaturated/α-hetero) is 1. The van der Waals surface area contributed by atoms with Gasteiger partial charge in [-0.25, -0.2) is 0 Å². The standard InChI is InChI=1S/C13H25NO3Si/c1-8(15)11-10(12(16)14-11)9(2)17-18(6,7)13(3,4)5/h9-11H,1-7H3,(H,14,16)/t9-,10-,11-/m1/s1. The van der Waals surface area contributed by atoms with E-state index in [9.17, 15) is 9.59 Å². The normalized spacial score (nSPS) is 26.3. The third kappa shape index (κ3) is 2.83. The molecule has 0 radical (unpaired) electrons. The lowest BCUT2D eigenvalue weighted by Crippen LogP contribution is -2.66. The number of hydrogen-bond acceptors (Lipinski definition) is 3. The summed E-state index contributed by atoms with van der Waals surface area (Å²) in [6, 6.07) is -0.364. The van der Waals surface area contributed by atoms with Gasteiger partial charge in [0.25, 0.3) is 0 Å². The summed E-state index contributed by atoms with van der Waals surface area (Å²) in [5.41, 5.74) is 0. The Balaban J connectivity index is 2.74. The van der Waals surface area contributed by atoms with E-state index in [4.69, 9.17) is 4.43 Å². The van der Waals surface area contributed by atoms with Crippen molar-refractivity contribution in [3.05, 3.63) is 0 Å². The zero-order valence-corrected chi connectivity index (χ0v) is 13.5. The highest BCUT2D eigenvalue weighted by Gasteiger charge is 2.48. The lowest BCUT2D eigenvalue weighted by atomic mass is 9.84. The quantitative estimate of drug-likeness (QED) is 0.629. The molecule has 1 fully saturated rings. The smallest absolute Gasteiger partial charge is 0.228 e. The van der Waals surface area contributed by atoms with Crippen molar-refractivity contribution in [3.8, 4) is 0 Å². The Morgan fingerprint density at radius 1 is 1.39 bits per heavy atom. The van der Waals surface area contributed by atoms with Crippen LogP contribution in [0.2, 0.25) is 18.1 Å². The van der Waals surface area contributed by atoms with Crippen LogP contribution in [-0.2, 0) is 14.0 Å². The molecule has 1 rings (SSSR count). The Labute approximate surface area is 111 Å². The Bertz CT molecular complexity index is 360. The fourth-order valence-corrected chi connectivity index (χ4v) is 3.38. The molecule has 0 aliphatic carbocycles. The number of ketones is 1. The van der Waals surface area contributed by atoms with Gasteiger partial charge in [-0.1, -0.05) is 20.8 Å². The maximum atomic E-state index is 11.6. The summed E-state index contributed by atoms with van der Waals surface area (Å²) in [6.07, 6.45) is -0.200. The van der Waals surface area contributed by atoms with Crippen LogP contribution in [0.25, 0.3) is 0 Å². The number of β-lactam (4-membered cyclic amide) rings is 1. The first-order valence-corrected chi connectivity index (χ1v) is 9.37. The fourth-order valence-electron chi connectivity index (χ4n) is 1.95. The zero-order valence-electron chi connectivity index (χ0n) is 12.5. The second kappa shape index (κ2) is 4.77. The Morgan fingerprint density at radius 2 is 1.89 bits per heavy atom. The molecule has 5 heteroatoms. The second-order valence-corrected chi connectivity index (χ2v) is 11.5. The number of carbonyl (C=O) groups excluding carboxylic acids is 2. The molecule has 0 saturated carbocycles. The third-order valence-electron chi connectivity index (χ3n) is 4.19. The molecule has 1 amide bonds. The van der Waals surface area contributed by atoms with Gasteiger partial charge < -0.3 is 9.74 Å². The maximum absolute atomic E-state index is 11.6. The van der Waals surface area contributed by atoms with Crippen LogP contribution < -0.4 is 5.32 Å². The molecule has 0 unspecified atom stereocenters. The van der Waals surface area contributed by atoms with E-state index >= 15 is 0 Å². The largest absolute Gasteiger partial charge is 0.413 e. The van der Waals surface area contributed by atoms with E-state index in [1.807, 2.05) is 6.92 Å². The summed E-state index contributed by atoms with van der Waals surface area (Å²) < 4.78 is 6.18. The highest BCUT2D eigenvalue weighted by Crippen LogP contribution is 2.38. The second-order valence-electron chi connectivity index (χ2n) is 6.71. The van der Waals surface area contributed by atoms with E-state index in [1.54, 1.807) is 0 Å². The Kier molecular flexibility index (Phi) is 4.08. The number of hydrogen-bond donors (Lipinski definition) is 1. The minimum atomic E-state index is -1.90. The summed E-state index contributed by atoms with van der Waals surface area (Å²) in [5.74, 6) is -0.386. The molecule has 3 atom stereocenters. The molecule has 1 saturated heterocycles. The van der Waals surface area contributed by atoms with Crippen molar-refractivity contribution in [2.75, 3.05) is 0 Å². The minimum Gasteiger partial charge on any atom is -0.413 e. The predicted molar refractivity (Wildman–Crippen MR) is 73.8 cm³/mol. The van der Waals surface area contributed by atoms with Crippen molar-refractivity contribution in [1.29, 1.82) is 0 Å². The van der Waals surface area contributed by atoms with Crippen LogP contribution in [0.5, 0.6) is 0 Å². The van der Waals surface area contributed by atoms with Gasteiger partial charge in [0.05, 0.1) is 12.0 Å². The summed E-state index contributed by atoms with van der Waals surface area (Å²) in [7, 11) is -1.90. The van der Waals surface area contributed by atoms with Gasteiger partial charge in [0, 0.05) is 0 Å². The SMILES string of the molecule is CC(=O)[C@H]1NC(=O)[C@@H]1[C@@H](C)O[Si](C)(C)C(C)(C)C. The fraction of sp³-hybridized carbons (Fsp3) is 0.846. The molecule has 1 aliphatic rings. The van der Waals surface area contributed by atoms with Gasteiger partial charge in [0.1, 0.15) is 6.04 Å². The van der Waals surface area contributed by atoms with E-state index in [0.717, 1.165) is 0 Å². The zero-order chi connectivity index (χ0) is 14.3. The van der Waals surface area contributed by atoms with Gasteiger partial charge in [-0.15, -0.1) is 0 Å². The molecule has 18 heavy (non-hydrogen) atoms. The predicted octanol–water partition coefficient (Wildman–Crippen LogP) is 2.10. The third-order valence-corrected chi connectivity index (χ3v) is 8.76. The molecule has 0 aromatic rings.